The van der Waals surface area contributed by atoms with Gasteiger partial charge in [-0.25, -0.2) is 4.79 Å². The zero-order chi connectivity index (χ0) is 21.3. The van der Waals surface area contributed by atoms with Gasteiger partial charge in [-0.2, -0.15) is 0 Å². The van der Waals surface area contributed by atoms with Gasteiger partial charge in [-0.05, 0) is 52.6 Å². The molecule has 0 bridgehead atoms. The van der Waals surface area contributed by atoms with Crippen molar-refractivity contribution in [1.29, 1.82) is 0 Å². The van der Waals surface area contributed by atoms with Gasteiger partial charge in [0.05, 0.1) is 12.2 Å². The molecule has 4 N–H and O–H groups in total. The van der Waals surface area contributed by atoms with Crippen LogP contribution in [0.25, 0.3) is 0 Å². The van der Waals surface area contributed by atoms with Crippen molar-refractivity contribution in [2.75, 3.05) is 6.61 Å². The van der Waals surface area contributed by atoms with E-state index in [0.29, 0.717) is 6.42 Å². The summed E-state index contributed by atoms with van der Waals surface area (Å²) in [5.74, 6) is -0.981. The highest BCUT2D eigenvalue weighted by Crippen LogP contribution is 2.35. The van der Waals surface area contributed by atoms with E-state index in [9.17, 15) is 20.1 Å². The van der Waals surface area contributed by atoms with Gasteiger partial charge in [0.15, 0.2) is 16.6 Å². The molecule has 3 atom stereocenters. The third kappa shape index (κ3) is 12.1. The summed E-state index contributed by atoms with van der Waals surface area (Å²) in [7, 11) is -5.83. The zero-order valence-corrected chi connectivity index (χ0v) is 20.6. The lowest BCUT2D eigenvalue weighted by atomic mass is 9.93. The second-order valence-electron chi connectivity index (χ2n) is 8.31. The van der Waals surface area contributed by atoms with Crippen LogP contribution in [-0.4, -0.2) is 70.6 Å². The molecular formula is C16H38O7Si3. The fourth-order valence-electron chi connectivity index (χ4n) is 2.20. The number of aliphatic carboxylic acids is 1. The van der Waals surface area contributed by atoms with Gasteiger partial charge >= 0.3 is 15.3 Å². The average molecular weight is 427 g/mol. The van der Waals surface area contributed by atoms with Gasteiger partial charge in [0.2, 0.25) is 0 Å². The minimum absolute atomic E-state index is 0.266. The van der Waals surface area contributed by atoms with Crippen LogP contribution >= 0.6 is 0 Å². The van der Waals surface area contributed by atoms with Crippen molar-refractivity contribution in [3.05, 3.63) is 12.7 Å². The second-order valence-corrected chi connectivity index (χ2v) is 20.2. The summed E-state index contributed by atoms with van der Waals surface area (Å²) in [5.41, 5.74) is -1.67. The quantitative estimate of drug-likeness (QED) is 0.312. The summed E-state index contributed by atoms with van der Waals surface area (Å²) in [5, 5.41) is 37.5. The minimum atomic E-state index is -2.19. The molecule has 156 valence electrons. The average Bonchev–Trinajstić information content (AvgIpc) is 2.43. The molecule has 0 aliphatic carbocycles. The molecule has 0 aliphatic heterocycles. The predicted molar refractivity (Wildman–Crippen MR) is 112 cm³/mol. The highest BCUT2D eigenvalue weighted by atomic mass is 28.4. The van der Waals surface area contributed by atoms with Crippen molar-refractivity contribution >= 4 is 31.9 Å². The van der Waals surface area contributed by atoms with Gasteiger partial charge in [0.1, 0.15) is 6.10 Å². The summed E-state index contributed by atoms with van der Waals surface area (Å²) in [6, 6.07) is 0. The summed E-state index contributed by atoms with van der Waals surface area (Å²) in [6.45, 7) is 18.6. The number of carboxylic acid groups (broad SMARTS) is 1. The molecule has 0 fully saturated rings. The molecule has 0 aliphatic rings. The first-order valence-electron chi connectivity index (χ1n) is 8.74. The molecule has 0 radical (unpaired) electrons. The molecule has 3 unspecified atom stereocenters. The maximum absolute atomic E-state index is 10.7. The van der Waals surface area contributed by atoms with E-state index in [0.717, 1.165) is 6.08 Å². The van der Waals surface area contributed by atoms with Crippen LogP contribution in [0.3, 0.4) is 0 Å². The van der Waals surface area contributed by atoms with E-state index in [2.05, 4.69) is 45.9 Å². The Labute approximate surface area is 161 Å². The van der Waals surface area contributed by atoms with Gasteiger partial charge in [-0.1, -0.05) is 13.5 Å². The Morgan fingerprint density at radius 2 is 1.54 bits per heavy atom. The smallest absolute Gasteiger partial charge is 0.327 e. The fourth-order valence-corrected chi connectivity index (χ4v) is 10.9. The summed E-state index contributed by atoms with van der Waals surface area (Å²) in [4.78, 5) is 9.25. The number of aliphatic hydroxyl groups excluding tert-OH is 2. The van der Waals surface area contributed by atoms with Crippen molar-refractivity contribution in [1.82, 2.24) is 0 Å². The summed E-state index contributed by atoms with van der Waals surface area (Å²) in [6.07, 6.45) is 0.295. The van der Waals surface area contributed by atoms with Crippen LogP contribution in [0.5, 0.6) is 0 Å². The van der Waals surface area contributed by atoms with Gasteiger partial charge < -0.3 is 28.7 Å². The van der Waals surface area contributed by atoms with E-state index in [1.807, 2.05) is 6.92 Å². The largest absolute Gasteiger partial charge is 0.478 e. The molecule has 7 nitrogen and oxygen atoms in total. The Morgan fingerprint density at radius 3 is 1.73 bits per heavy atom. The van der Waals surface area contributed by atoms with Crippen LogP contribution in [0.4, 0.5) is 0 Å². The number of rotatable bonds is 10. The predicted octanol–water partition coefficient (Wildman–Crippen LogP) is 2.05. The normalized spacial score (nSPS) is 16.9. The number of hydrogen-bond donors (Lipinski definition) is 4. The van der Waals surface area contributed by atoms with Crippen LogP contribution < -0.4 is 0 Å². The van der Waals surface area contributed by atoms with E-state index < -0.39 is 50.2 Å². The molecule has 0 aromatic carbocycles. The van der Waals surface area contributed by atoms with E-state index >= 15 is 0 Å². The molecule has 0 amide bonds. The Balaban J connectivity index is 0. The Morgan fingerprint density at radius 1 is 1.19 bits per heavy atom. The first kappa shape index (κ1) is 27.9. The lowest BCUT2D eigenvalue weighted by molar-refractivity contribution is -0.131. The van der Waals surface area contributed by atoms with Crippen LogP contribution in [0.2, 0.25) is 44.8 Å². The van der Waals surface area contributed by atoms with Gasteiger partial charge in [-0.3, -0.25) is 0 Å². The standard InChI is InChI=1S/C13H34O5Si3.C3H4O2/c1-9-12(13(2,16)11(15)10-14)19(17-20(3,4)5)18-21(6,7)8;1-2-3(4)5/h11-12,14-16,19H,9-10H2,1-8H3;2H,1H2,(H,4,5). The number of aliphatic hydroxyl groups is 3. The van der Waals surface area contributed by atoms with Crippen LogP contribution in [0.15, 0.2) is 12.7 Å². The van der Waals surface area contributed by atoms with Crippen molar-refractivity contribution in [2.45, 2.75) is 76.8 Å². The number of carboxylic acids is 1. The molecule has 0 aromatic heterocycles. The topological polar surface area (TPSA) is 116 Å². The molecule has 0 rings (SSSR count). The second kappa shape index (κ2) is 11.5. The van der Waals surface area contributed by atoms with Crippen molar-refractivity contribution in [2.24, 2.45) is 0 Å². The molecule has 0 aromatic rings. The molecule has 0 saturated carbocycles. The van der Waals surface area contributed by atoms with Crippen molar-refractivity contribution < 1.29 is 33.5 Å². The maximum atomic E-state index is 10.7. The van der Waals surface area contributed by atoms with E-state index in [1.54, 1.807) is 6.92 Å². The van der Waals surface area contributed by atoms with Gasteiger partial charge in [0, 0.05) is 11.6 Å². The van der Waals surface area contributed by atoms with Crippen LogP contribution in [0, 0.1) is 0 Å². The third-order valence-electron chi connectivity index (χ3n) is 3.48. The van der Waals surface area contributed by atoms with Gasteiger partial charge in [0.25, 0.3) is 0 Å². The first-order chi connectivity index (χ1) is 11.5. The lowest BCUT2D eigenvalue weighted by Crippen LogP contribution is -2.55. The third-order valence-corrected chi connectivity index (χ3v) is 12.8. The van der Waals surface area contributed by atoms with Crippen LogP contribution in [0.1, 0.15) is 20.3 Å². The van der Waals surface area contributed by atoms with E-state index in [4.69, 9.17) is 13.3 Å². The SMILES string of the molecule is C=CC(=O)O.CCC([SiH](O[Si](C)(C)C)O[Si](C)(C)C)C(C)(O)C(O)CO. The minimum Gasteiger partial charge on any atom is -0.478 e. The summed E-state index contributed by atoms with van der Waals surface area (Å²) < 4.78 is 12.6. The van der Waals surface area contributed by atoms with E-state index in [1.165, 1.54) is 0 Å². The number of hydrogen-bond acceptors (Lipinski definition) is 6. The lowest BCUT2D eigenvalue weighted by Gasteiger charge is -2.42. The molecule has 10 heteroatoms. The Bertz CT molecular complexity index is 415. The van der Waals surface area contributed by atoms with Crippen molar-refractivity contribution in [3.8, 4) is 0 Å². The zero-order valence-electron chi connectivity index (χ0n) is 17.4. The molecule has 0 saturated heterocycles. The Hall–Kier alpha value is -0.339. The van der Waals surface area contributed by atoms with Crippen molar-refractivity contribution in [3.63, 3.8) is 0 Å². The molecular weight excluding hydrogens is 388 g/mol. The first-order valence-corrected chi connectivity index (χ1v) is 17.2. The fraction of sp³-hybridized carbons (Fsp3) is 0.812. The van der Waals surface area contributed by atoms with Gasteiger partial charge in [-0.15, -0.1) is 0 Å². The monoisotopic (exact) mass is 426 g/mol. The number of carbonyl (C=O) groups is 1. The summed E-state index contributed by atoms with van der Waals surface area (Å²) >= 11 is 0. The van der Waals surface area contributed by atoms with Crippen LogP contribution in [-0.2, 0) is 13.0 Å². The maximum Gasteiger partial charge on any atom is 0.327 e. The molecule has 0 spiro atoms. The highest BCUT2D eigenvalue weighted by Gasteiger charge is 2.46. The van der Waals surface area contributed by atoms with E-state index in [-0.39, 0.29) is 5.54 Å². The Kier molecular flexibility index (Phi) is 12.3. The highest BCUT2D eigenvalue weighted by molar-refractivity contribution is 6.81. The molecule has 26 heavy (non-hydrogen) atoms. The molecule has 0 heterocycles.